The number of carbonyl (C=O) groups is 2. The van der Waals surface area contributed by atoms with E-state index in [4.69, 9.17) is 0 Å². The van der Waals surface area contributed by atoms with Crippen LogP contribution in [0.3, 0.4) is 0 Å². The first kappa shape index (κ1) is 13.9. The molecule has 1 aromatic rings. The summed E-state index contributed by atoms with van der Waals surface area (Å²) in [4.78, 5) is 28.0. The predicted molar refractivity (Wildman–Crippen MR) is 81.1 cm³/mol. The van der Waals surface area contributed by atoms with Gasteiger partial charge in [0, 0.05) is 45.3 Å². The maximum atomic E-state index is 12.8. The van der Waals surface area contributed by atoms with Crippen LogP contribution in [0.25, 0.3) is 0 Å². The molecule has 1 saturated heterocycles. The van der Waals surface area contributed by atoms with Gasteiger partial charge in [0.1, 0.15) is 0 Å². The molecule has 0 radical (unpaired) electrons. The molecule has 1 atom stereocenters. The highest BCUT2D eigenvalue weighted by Crippen LogP contribution is 2.32. The van der Waals surface area contributed by atoms with Gasteiger partial charge >= 0.3 is 0 Å². The van der Waals surface area contributed by atoms with Gasteiger partial charge < -0.3 is 15.1 Å². The van der Waals surface area contributed by atoms with E-state index >= 15 is 0 Å². The van der Waals surface area contributed by atoms with E-state index in [1.54, 1.807) is 6.92 Å². The zero-order valence-corrected chi connectivity index (χ0v) is 12.3. The van der Waals surface area contributed by atoms with E-state index in [1.165, 1.54) is 0 Å². The van der Waals surface area contributed by atoms with Gasteiger partial charge in [-0.3, -0.25) is 9.59 Å². The first-order valence-corrected chi connectivity index (χ1v) is 7.54. The molecule has 2 heterocycles. The SMILES string of the molecule is CC(=O)N1CCCN(C(=O)C2CNc3ccccc32)CC1. The van der Waals surface area contributed by atoms with Crippen molar-refractivity contribution in [1.29, 1.82) is 0 Å². The molecule has 1 aromatic carbocycles. The Kier molecular flexibility index (Phi) is 3.82. The highest BCUT2D eigenvalue weighted by molar-refractivity contribution is 5.88. The van der Waals surface area contributed by atoms with Crippen LogP contribution in [0, 0.1) is 0 Å². The van der Waals surface area contributed by atoms with E-state index < -0.39 is 0 Å². The third-order valence-corrected chi connectivity index (χ3v) is 4.38. The Morgan fingerprint density at radius 2 is 1.81 bits per heavy atom. The molecule has 112 valence electrons. The van der Waals surface area contributed by atoms with Gasteiger partial charge in [0.05, 0.1) is 5.92 Å². The van der Waals surface area contributed by atoms with Gasteiger partial charge in [0.25, 0.3) is 0 Å². The summed E-state index contributed by atoms with van der Waals surface area (Å²) in [7, 11) is 0. The number of para-hydroxylation sites is 1. The molecule has 5 nitrogen and oxygen atoms in total. The monoisotopic (exact) mass is 287 g/mol. The molecule has 0 spiro atoms. The Morgan fingerprint density at radius 1 is 1.10 bits per heavy atom. The lowest BCUT2D eigenvalue weighted by molar-refractivity contribution is -0.133. The number of fused-ring (bicyclic) bond motifs is 1. The fraction of sp³-hybridized carbons (Fsp3) is 0.500. The molecule has 3 rings (SSSR count). The third kappa shape index (κ3) is 2.73. The van der Waals surface area contributed by atoms with Crippen molar-refractivity contribution in [2.24, 2.45) is 0 Å². The van der Waals surface area contributed by atoms with Crippen LogP contribution in [0.2, 0.25) is 0 Å². The second-order valence-corrected chi connectivity index (χ2v) is 5.71. The summed E-state index contributed by atoms with van der Waals surface area (Å²) in [5.41, 5.74) is 2.16. The highest BCUT2D eigenvalue weighted by Gasteiger charge is 2.32. The number of nitrogens with zero attached hydrogens (tertiary/aromatic N) is 2. The number of hydrogen-bond acceptors (Lipinski definition) is 3. The van der Waals surface area contributed by atoms with Crippen LogP contribution < -0.4 is 5.32 Å². The summed E-state index contributed by atoms with van der Waals surface area (Å²) >= 11 is 0. The van der Waals surface area contributed by atoms with Crippen LogP contribution in [-0.2, 0) is 9.59 Å². The van der Waals surface area contributed by atoms with Crippen molar-refractivity contribution in [2.45, 2.75) is 19.3 Å². The van der Waals surface area contributed by atoms with Crippen molar-refractivity contribution >= 4 is 17.5 Å². The Morgan fingerprint density at radius 3 is 2.62 bits per heavy atom. The van der Waals surface area contributed by atoms with Crippen molar-refractivity contribution in [2.75, 3.05) is 38.0 Å². The van der Waals surface area contributed by atoms with E-state index in [1.807, 2.05) is 34.1 Å². The maximum Gasteiger partial charge on any atom is 0.232 e. The number of benzene rings is 1. The van der Waals surface area contributed by atoms with Gasteiger partial charge in [-0.2, -0.15) is 0 Å². The minimum absolute atomic E-state index is 0.0925. The van der Waals surface area contributed by atoms with Crippen molar-refractivity contribution < 1.29 is 9.59 Å². The van der Waals surface area contributed by atoms with Crippen molar-refractivity contribution in [1.82, 2.24) is 9.80 Å². The first-order valence-electron chi connectivity index (χ1n) is 7.54. The Balaban J connectivity index is 1.70. The quantitative estimate of drug-likeness (QED) is 0.846. The molecule has 0 saturated carbocycles. The molecular formula is C16H21N3O2. The summed E-state index contributed by atoms with van der Waals surface area (Å²) in [6, 6.07) is 8.00. The number of carbonyl (C=O) groups excluding carboxylic acids is 2. The van der Waals surface area contributed by atoms with E-state index in [-0.39, 0.29) is 17.7 Å². The molecule has 2 aliphatic rings. The average molecular weight is 287 g/mol. The fourth-order valence-corrected chi connectivity index (χ4v) is 3.18. The van der Waals surface area contributed by atoms with Crippen LogP contribution >= 0.6 is 0 Å². The number of amides is 2. The zero-order chi connectivity index (χ0) is 14.8. The van der Waals surface area contributed by atoms with Gasteiger partial charge in [-0.25, -0.2) is 0 Å². The lowest BCUT2D eigenvalue weighted by Gasteiger charge is -2.24. The standard InChI is InChI=1S/C16H21N3O2/c1-12(20)18-7-4-8-19(10-9-18)16(21)14-11-17-15-6-3-2-5-13(14)15/h2-3,5-6,14,17H,4,7-11H2,1H3. The van der Waals surface area contributed by atoms with Gasteiger partial charge in [-0.05, 0) is 18.1 Å². The molecule has 0 aliphatic carbocycles. The van der Waals surface area contributed by atoms with Crippen molar-refractivity contribution in [3.8, 4) is 0 Å². The van der Waals surface area contributed by atoms with Crippen molar-refractivity contribution in [3.05, 3.63) is 29.8 Å². The smallest absolute Gasteiger partial charge is 0.232 e. The molecule has 1 unspecified atom stereocenters. The van der Waals surface area contributed by atoms with E-state index in [0.29, 0.717) is 19.6 Å². The molecule has 2 amide bonds. The molecule has 1 fully saturated rings. The molecule has 21 heavy (non-hydrogen) atoms. The molecular weight excluding hydrogens is 266 g/mol. The molecule has 2 aliphatic heterocycles. The van der Waals surface area contributed by atoms with Crippen molar-refractivity contribution in [3.63, 3.8) is 0 Å². The minimum Gasteiger partial charge on any atom is -0.384 e. The molecule has 0 aromatic heterocycles. The molecule has 0 bridgehead atoms. The number of rotatable bonds is 1. The van der Waals surface area contributed by atoms with Crippen LogP contribution in [0.5, 0.6) is 0 Å². The third-order valence-electron chi connectivity index (χ3n) is 4.38. The van der Waals surface area contributed by atoms with Crippen LogP contribution in [0.1, 0.15) is 24.8 Å². The topological polar surface area (TPSA) is 52.7 Å². The predicted octanol–water partition coefficient (Wildman–Crippen LogP) is 1.28. The normalized spacial score (nSPS) is 21.5. The van der Waals surface area contributed by atoms with Crippen LogP contribution in [0.4, 0.5) is 5.69 Å². The number of hydrogen-bond donors (Lipinski definition) is 1. The Hall–Kier alpha value is -2.04. The van der Waals surface area contributed by atoms with Gasteiger partial charge in [-0.1, -0.05) is 18.2 Å². The number of nitrogens with one attached hydrogen (secondary N) is 1. The Bertz CT molecular complexity index is 558. The maximum absolute atomic E-state index is 12.8. The second-order valence-electron chi connectivity index (χ2n) is 5.71. The largest absolute Gasteiger partial charge is 0.384 e. The highest BCUT2D eigenvalue weighted by atomic mass is 16.2. The average Bonchev–Trinajstić information content (AvgIpc) is 2.75. The van der Waals surface area contributed by atoms with Gasteiger partial charge in [0.2, 0.25) is 11.8 Å². The lowest BCUT2D eigenvalue weighted by atomic mass is 10.00. The number of anilines is 1. The van der Waals surface area contributed by atoms with Gasteiger partial charge in [-0.15, -0.1) is 0 Å². The summed E-state index contributed by atoms with van der Waals surface area (Å²) in [5, 5.41) is 3.30. The van der Waals surface area contributed by atoms with E-state index in [2.05, 4.69) is 5.32 Å². The van der Waals surface area contributed by atoms with Crippen LogP contribution in [0.15, 0.2) is 24.3 Å². The van der Waals surface area contributed by atoms with Gasteiger partial charge in [0.15, 0.2) is 0 Å². The first-order chi connectivity index (χ1) is 10.2. The second kappa shape index (κ2) is 5.76. The van der Waals surface area contributed by atoms with Crippen LogP contribution in [-0.4, -0.2) is 54.3 Å². The fourth-order valence-electron chi connectivity index (χ4n) is 3.18. The van der Waals surface area contributed by atoms with E-state index in [9.17, 15) is 9.59 Å². The summed E-state index contributed by atoms with van der Waals surface area (Å²) in [6.45, 7) is 5.03. The summed E-state index contributed by atoms with van der Waals surface area (Å²) in [5.74, 6) is 0.181. The zero-order valence-electron chi connectivity index (χ0n) is 12.3. The lowest BCUT2D eigenvalue weighted by Crippen LogP contribution is -2.39. The molecule has 1 N–H and O–H groups in total. The minimum atomic E-state index is -0.0925. The van der Waals surface area contributed by atoms with E-state index in [0.717, 1.165) is 30.8 Å². The summed E-state index contributed by atoms with van der Waals surface area (Å²) < 4.78 is 0. The summed E-state index contributed by atoms with van der Waals surface area (Å²) in [6.07, 6.45) is 0.854. The molecule has 5 heteroatoms. The Labute approximate surface area is 124 Å².